The lowest BCUT2D eigenvalue weighted by atomic mass is 9.78. The number of rotatable bonds is 2. The van der Waals surface area contributed by atoms with Gasteiger partial charge in [-0.2, -0.15) is 0 Å². The average molecular weight is 333 g/mol. The zero-order valence-electron chi connectivity index (χ0n) is 14.9. The van der Waals surface area contributed by atoms with Crippen LogP contribution >= 0.6 is 0 Å². The maximum Gasteiger partial charge on any atom is 0.495 e. The number of ether oxygens (including phenoxy) is 1. The molecule has 0 radical (unpaired) electrons. The first-order valence-electron chi connectivity index (χ1n) is 8.87. The van der Waals surface area contributed by atoms with Gasteiger partial charge in [0.25, 0.3) is 0 Å². The highest BCUT2D eigenvalue weighted by molar-refractivity contribution is 6.62. The Kier molecular flexibility index (Phi) is 3.63. The molecule has 0 N–H and O–H groups in total. The van der Waals surface area contributed by atoms with Gasteiger partial charge in [-0.05, 0) is 64.6 Å². The number of hydrogen-bond donors (Lipinski definition) is 0. The highest BCUT2D eigenvalue weighted by Crippen LogP contribution is 2.40. The van der Waals surface area contributed by atoms with Crippen LogP contribution in [0.2, 0.25) is 0 Å². The van der Waals surface area contributed by atoms with Crippen LogP contribution in [0.4, 0.5) is 10.1 Å². The molecular weight excluding hydrogens is 308 g/mol. The average Bonchev–Trinajstić information content (AvgIpc) is 2.66. The van der Waals surface area contributed by atoms with Crippen molar-refractivity contribution < 1.29 is 18.4 Å². The molecular formula is C18H25BFNO3. The summed E-state index contributed by atoms with van der Waals surface area (Å²) in [5.41, 5.74) is 0.693. The van der Waals surface area contributed by atoms with Crippen molar-refractivity contribution in [2.75, 3.05) is 18.1 Å². The van der Waals surface area contributed by atoms with Crippen molar-refractivity contribution >= 4 is 18.3 Å². The zero-order chi connectivity index (χ0) is 17.1. The van der Waals surface area contributed by atoms with Gasteiger partial charge in [0.2, 0.25) is 0 Å². The van der Waals surface area contributed by atoms with E-state index in [1.165, 1.54) is 25.3 Å². The topological polar surface area (TPSA) is 30.9 Å². The number of anilines is 1. The summed E-state index contributed by atoms with van der Waals surface area (Å²) in [7, 11) is -0.556. The van der Waals surface area contributed by atoms with Gasteiger partial charge in [-0.3, -0.25) is 0 Å². The minimum Gasteiger partial charge on any atom is -0.486 e. The fraction of sp³-hybridized carbons (Fsp3) is 0.667. The van der Waals surface area contributed by atoms with E-state index in [-0.39, 0.29) is 5.82 Å². The highest BCUT2D eigenvalue weighted by Gasteiger charge is 2.52. The molecule has 0 spiro atoms. The van der Waals surface area contributed by atoms with Crippen LogP contribution in [0.15, 0.2) is 12.1 Å². The van der Waals surface area contributed by atoms with Crippen LogP contribution in [-0.4, -0.2) is 37.5 Å². The van der Waals surface area contributed by atoms with Gasteiger partial charge in [0.15, 0.2) is 11.6 Å². The molecule has 2 heterocycles. The fourth-order valence-electron chi connectivity index (χ4n) is 3.51. The van der Waals surface area contributed by atoms with Gasteiger partial charge in [0.1, 0.15) is 6.61 Å². The molecule has 4 nitrogen and oxygen atoms in total. The SMILES string of the molecule is CC1(C)OB(c2cc(F)c3c(c2)N(C2CCC2)CCO3)OC1(C)C. The molecule has 2 fully saturated rings. The number of halogens is 1. The smallest absolute Gasteiger partial charge is 0.486 e. The molecule has 0 atom stereocenters. The minimum absolute atomic E-state index is 0.332. The van der Waals surface area contributed by atoms with Gasteiger partial charge >= 0.3 is 7.12 Å². The maximum absolute atomic E-state index is 14.7. The molecule has 4 rings (SSSR count). The summed E-state index contributed by atoms with van der Waals surface area (Å²) in [5.74, 6) is 0.0367. The molecule has 24 heavy (non-hydrogen) atoms. The van der Waals surface area contributed by atoms with Crippen LogP contribution < -0.4 is 15.1 Å². The third-order valence-corrected chi connectivity index (χ3v) is 5.98. The minimum atomic E-state index is -0.556. The Morgan fingerprint density at radius 2 is 1.79 bits per heavy atom. The largest absolute Gasteiger partial charge is 0.495 e. The summed E-state index contributed by atoms with van der Waals surface area (Å²) in [6.07, 6.45) is 3.58. The van der Waals surface area contributed by atoms with E-state index in [0.717, 1.165) is 17.7 Å². The summed E-state index contributed by atoms with van der Waals surface area (Å²) >= 11 is 0. The van der Waals surface area contributed by atoms with Crippen molar-refractivity contribution in [3.05, 3.63) is 17.9 Å². The lowest BCUT2D eigenvalue weighted by Crippen LogP contribution is -2.46. The van der Waals surface area contributed by atoms with E-state index < -0.39 is 18.3 Å². The zero-order valence-corrected chi connectivity index (χ0v) is 14.9. The van der Waals surface area contributed by atoms with E-state index in [9.17, 15) is 4.39 Å². The van der Waals surface area contributed by atoms with Crippen LogP contribution in [0.5, 0.6) is 5.75 Å². The second-order valence-corrected chi connectivity index (χ2v) is 8.07. The second-order valence-electron chi connectivity index (χ2n) is 8.07. The molecule has 2 aliphatic heterocycles. The molecule has 6 heteroatoms. The van der Waals surface area contributed by atoms with Crippen molar-refractivity contribution in [3.8, 4) is 5.75 Å². The van der Waals surface area contributed by atoms with Crippen molar-refractivity contribution in [3.63, 3.8) is 0 Å². The first-order valence-corrected chi connectivity index (χ1v) is 8.87. The van der Waals surface area contributed by atoms with E-state index in [0.29, 0.717) is 18.4 Å². The Morgan fingerprint density at radius 3 is 2.38 bits per heavy atom. The van der Waals surface area contributed by atoms with Crippen molar-refractivity contribution in [2.24, 2.45) is 0 Å². The monoisotopic (exact) mass is 333 g/mol. The lowest BCUT2D eigenvalue weighted by molar-refractivity contribution is 0.00578. The molecule has 0 amide bonds. The van der Waals surface area contributed by atoms with Crippen LogP contribution in [-0.2, 0) is 9.31 Å². The van der Waals surface area contributed by atoms with Crippen LogP contribution in [0.1, 0.15) is 47.0 Å². The predicted molar refractivity (Wildman–Crippen MR) is 92.6 cm³/mol. The number of fused-ring (bicyclic) bond motifs is 1. The van der Waals surface area contributed by atoms with E-state index in [4.69, 9.17) is 14.0 Å². The van der Waals surface area contributed by atoms with E-state index >= 15 is 0 Å². The third kappa shape index (κ3) is 2.42. The molecule has 0 bridgehead atoms. The quantitative estimate of drug-likeness (QED) is 0.779. The predicted octanol–water partition coefficient (Wildman–Crippen LogP) is 2.88. The van der Waals surface area contributed by atoms with Crippen LogP contribution in [0, 0.1) is 5.82 Å². The molecule has 1 saturated carbocycles. The summed E-state index contributed by atoms with van der Waals surface area (Å²) in [6, 6.07) is 3.98. The first kappa shape index (κ1) is 16.2. The maximum atomic E-state index is 14.7. The van der Waals surface area contributed by atoms with E-state index in [1.807, 2.05) is 33.8 Å². The Labute approximate surface area is 143 Å². The number of hydrogen-bond acceptors (Lipinski definition) is 4. The molecule has 3 aliphatic rings. The summed E-state index contributed by atoms with van der Waals surface area (Å²) in [4.78, 5) is 2.29. The van der Waals surface area contributed by atoms with Gasteiger partial charge in [-0.25, -0.2) is 4.39 Å². The Bertz CT molecular complexity index is 644. The lowest BCUT2D eigenvalue weighted by Gasteiger charge is -2.42. The van der Waals surface area contributed by atoms with Crippen molar-refractivity contribution in [1.82, 2.24) is 0 Å². The van der Waals surface area contributed by atoms with E-state index in [2.05, 4.69) is 4.90 Å². The van der Waals surface area contributed by atoms with Crippen molar-refractivity contribution in [2.45, 2.75) is 64.2 Å². The van der Waals surface area contributed by atoms with Crippen LogP contribution in [0.25, 0.3) is 0 Å². The first-order chi connectivity index (χ1) is 11.3. The summed E-state index contributed by atoms with van der Waals surface area (Å²) in [5, 5.41) is 0. The Morgan fingerprint density at radius 1 is 1.12 bits per heavy atom. The third-order valence-electron chi connectivity index (χ3n) is 5.98. The molecule has 1 saturated heterocycles. The molecule has 1 aromatic carbocycles. The second kappa shape index (κ2) is 5.36. The molecule has 130 valence electrons. The normalized spacial score (nSPS) is 25.2. The van der Waals surface area contributed by atoms with Gasteiger partial charge < -0.3 is 18.9 Å². The molecule has 0 unspecified atom stereocenters. The molecule has 0 aromatic heterocycles. The fourth-order valence-corrected chi connectivity index (χ4v) is 3.51. The van der Waals surface area contributed by atoms with E-state index in [1.54, 1.807) is 0 Å². The van der Waals surface area contributed by atoms with Gasteiger partial charge in [-0.15, -0.1) is 0 Å². The summed E-state index contributed by atoms with van der Waals surface area (Å²) in [6.45, 7) is 9.37. The summed E-state index contributed by atoms with van der Waals surface area (Å²) < 4.78 is 32.4. The van der Waals surface area contributed by atoms with Crippen LogP contribution in [0.3, 0.4) is 0 Å². The highest BCUT2D eigenvalue weighted by atomic mass is 19.1. The number of nitrogens with zero attached hydrogens (tertiary/aromatic N) is 1. The Balaban J connectivity index is 1.70. The van der Waals surface area contributed by atoms with Crippen molar-refractivity contribution in [1.29, 1.82) is 0 Å². The Hall–Kier alpha value is -1.27. The standard InChI is InChI=1S/C18H25BFNO3/c1-17(2)18(3,4)24-19(23-17)12-10-14(20)16-15(11-12)21(8-9-22-16)13-6-5-7-13/h10-11,13H,5-9H2,1-4H3. The molecule has 1 aliphatic carbocycles. The number of benzene rings is 1. The molecule has 1 aromatic rings. The van der Waals surface area contributed by atoms with Gasteiger partial charge in [-0.1, -0.05) is 0 Å². The van der Waals surface area contributed by atoms with Gasteiger partial charge in [0.05, 0.1) is 23.4 Å². The van der Waals surface area contributed by atoms with Gasteiger partial charge in [0, 0.05) is 6.04 Å².